The van der Waals surface area contributed by atoms with Crippen molar-refractivity contribution in [2.24, 2.45) is 0 Å². The van der Waals surface area contributed by atoms with Gasteiger partial charge in [-0.25, -0.2) is 0 Å². The number of allylic oxidation sites excluding steroid dienone is 1. The maximum Gasteiger partial charge on any atom is 0.296 e. The lowest BCUT2D eigenvalue weighted by Crippen LogP contribution is -2.30. The summed E-state index contributed by atoms with van der Waals surface area (Å²) in [5.74, 6) is -1.10. The molecule has 0 aliphatic carbocycles. The first kappa shape index (κ1) is 26.4. The van der Waals surface area contributed by atoms with Gasteiger partial charge in [0.05, 0.1) is 11.6 Å². The molecule has 190 valence electrons. The average Bonchev–Trinajstić information content (AvgIpc) is 3.50. The molecule has 1 aliphatic rings. The average molecular weight is 625 g/mol. The van der Waals surface area contributed by atoms with Crippen molar-refractivity contribution < 1.29 is 14.7 Å². The van der Waals surface area contributed by atoms with Gasteiger partial charge in [0, 0.05) is 15.2 Å². The zero-order valence-corrected chi connectivity index (χ0v) is 23.6. The molecule has 5 rings (SSSR count). The number of hydrogen-bond acceptors (Lipinski definition) is 7. The van der Waals surface area contributed by atoms with Crippen molar-refractivity contribution in [1.82, 2.24) is 10.2 Å². The minimum atomic E-state index is -0.856. The lowest BCUT2D eigenvalue weighted by molar-refractivity contribution is -0.117. The number of nitrogens with zero attached hydrogens (tertiary/aromatic N) is 3. The highest BCUT2D eigenvalue weighted by Gasteiger charge is 2.45. The first-order valence-corrected chi connectivity index (χ1v) is 14.4. The van der Waals surface area contributed by atoms with E-state index in [-0.39, 0.29) is 5.57 Å². The van der Waals surface area contributed by atoms with E-state index in [9.17, 15) is 14.7 Å². The van der Waals surface area contributed by atoms with Crippen LogP contribution in [-0.4, -0.2) is 27.0 Å². The molecule has 6 nitrogen and oxygen atoms in total. The number of carbonyl (C=O) groups excluding carboxylic acids is 2. The van der Waals surface area contributed by atoms with Gasteiger partial charge in [-0.3, -0.25) is 14.5 Å². The second kappa shape index (κ2) is 11.7. The van der Waals surface area contributed by atoms with Crippen molar-refractivity contribution in [3.8, 4) is 0 Å². The second-order valence-corrected chi connectivity index (χ2v) is 11.8. The first-order chi connectivity index (χ1) is 18.4. The smallest absolute Gasteiger partial charge is 0.296 e. The molecule has 1 N–H and O–H groups in total. The summed E-state index contributed by atoms with van der Waals surface area (Å²) in [4.78, 5) is 28.0. The second-order valence-electron chi connectivity index (χ2n) is 8.27. The van der Waals surface area contributed by atoms with Crippen molar-refractivity contribution in [2.45, 2.75) is 16.1 Å². The molecule has 0 saturated carbocycles. The van der Waals surface area contributed by atoms with Crippen LogP contribution in [-0.2, 0) is 15.3 Å². The van der Waals surface area contributed by atoms with Gasteiger partial charge in [-0.2, -0.15) is 0 Å². The zero-order chi connectivity index (χ0) is 26.6. The third-order valence-corrected chi connectivity index (χ3v) is 8.67. The number of hydrogen-bond donors (Lipinski definition) is 1. The predicted molar refractivity (Wildman–Crippen MR) is 155 cm³/mol. The molecule has 1 atom stereocenters. The van der Waals surface area contributed by atoms with Crippen LogP contribution < -0.4 is 4.90 Å². The van der Waals surface area contributed by atoms with E-state index in [1.807, 2.05) is 66.7 Å². The van der Waals surface area contributed by atoms with Crippen molar-refractivity contribution in [3.63, 3.8) is 0 Å². The number of aromatic nitrogens is 2. The van der Waals surface area contributed by atoms with Gasteiger partial charge in [0.15, 0.2) is 15.9 Å². The number of benzene rings is 3. The normalized spacial score (nSPS) is 15.6. The third kappa shape index (κ3) is 5.76. The summed E-state index contributed by atoms with van der Waals surface area (Å²) in [6, 6.07) is 23.3. The van der Waals surface area contributed by atoms with Gasteiger partial charge in [0.25, 0.3) is 5.91 Å². The Morgan fingerprint density at radius 2 is 1.76 bits per heavy atom. The van der Waals surface area contributed by atoms with Crippen LogP contribution in [0.3, 0.4) is 0 Å². The zero-order valence-electron chi connectivity index (χ0n) is 19.6. The molecule has 0 spiro atoms. The molecule has 1 amide bonds. The Morgan fingerprint density at radius 1 is 1.05 bits per heavy atom. The number of thioether (sulfide) groups is 1. The minimum absolute atomic E-state index is 0.00456. The van der Waals surface area contributed by atoms with E-state index in [1.165, 1.54) is 34.1 Å². The van der Waals surface area contributed by atoms with Gasteiger partial charge in [0.2, 0.25) is 5.13 Å². The van der Waals surface area contributed by atoms with Crippen LogP contribution in [0.4, 0.5) is 5.13 Å². The fraction of sp³-hybridized carbons (Fsp3) is 0.0714. The van der Waals surface area contributed by atoms with E-state index in [1.54, 1.807) is 18.2 Å². The molecular formula is C28H19BrClN3O3S2. The van der Waals surface area contributed by atoms with E-state index in [0.29, 0.717) is 25.8 Å². The van der Waals surface area contributed by atoms with Gasteiger partial charge in [0.1, 0.15) is 0 Å². The molecule has 2 heterocycles. The van der Waals surface area contributed by atoms with Gasteiger partial charge >= 0.3 is 0 Å². The maximum atomic E-state index is 13.4. The molecule has 0 bridgehead atoms. The fourth-order valence-corrected chi connectivity index (χ4v) is 6.14. The number of halogens is 2. The van der Waals surface area contributed by atoms with Gasteiger partial charge in [-0.05, 0) is 47.0 Å². The predicted octanol–water partition coefficient (Wildman–Crippen LogP) is 7.43. The van der Waals surface area contributed by atoms with E-state index in [4.69, 9.17) is 11.6 Å². The topological polar surface area (TPSA) is 83.4 Å². The summed E-state index contributed by atoms with van der Waals surface area (Å²) < 4.78 is 1.50. The Morgan fingerprint density at radius 3 is 2.47 bits per heavy atom. The molecule has 0 radical (unpaired) electrons. The van der Waals surface area contributed by atoms with Crippen LogP contribution in [0.2, 0.25) is 5.02 Å². The van der Waals surface area contributed by atoms with Gasteiger partial charge in [-0.1, -0.05) is 111 Å². The van der Waals surface area contributed by atoms with Crippen LogP contribution in [0.5, 0.6) is 0 Å². The molecule has 0 fully saturated rings. The number of anilines is 1. The number of rotatable bonds is 8. The summed E-state index contributed by atoms with van der Waals surface area (Å²) in [5, 5.41) is 20.3. The molecule has 38 heavy (non-hydrogen) atoms. The Bertz CT molecular complexity index is 1540. The van der Waals surface area contributed by atoms with Crippen LogP contribution in [0.15, 0.2) is 105 Å². The van der Waals surface area contributed by atoms with Crippen molar-refractivity contribution in [3.05, 3.63) is 122 Å². The molecule has 10 heteroatoms. The Labute approximate surface area is 240 Å². The maximum absolute atomic E-state index is 13.4. The summed E-state index contributed by atoms with van der Waals surface area (Å²) in [6.45, 7) is 0. The highest BCUT2D eigenvalue weighted by atomic mass is 79.9. The largest absolute Gasteiger partial charge is 0.503 e. The number of amides is 1. The molecule has 0 saturated heterocycles. The molecule has 1 aliphatic heterocycles. The molecule has 3 aromatic carbocycles. The fourth-order valence-electron chi connectivity index (χ4n) is 3.92. The molecule has 1 unspecified atom stereocenters. The summed E-state index contributed by atoms with van der Waals surface area (Å²) in [5.41, 5.74) is 2.55. The van der Waals surface area contributed by atoms with Crippen LogP contribution >= 0.6 is 50.6 Å². The van der Waals surface area contributed by atoms with Crippen molar-refractivity contribution in [1.29, 1.82) is 0 Å². The number of carbonyl (C=O) groups is 2. The Hall–Kier alpha value is -3.24. The quantitative estimate of drug-likeness (QED) is 0.125. The SMILES string of the molecule is O=C(/C=C/c1ccccc1)C1=C(O)C(=O)N(c2nnc(SCc3ccc(Cl)cc3)s2)C1c1ccc(Br)cc1. The van der Waals surface area contributed by atoms with E-state index in [0.717, 1.165) is 15.6 Å². The number of ketones is 1. The molecule has 1 aromatic heterocycles. The van der Waals surface area contributed by atoms with Gasteiger partial charge < -0.3 is 5.11 Å². The Kier molecular flexibility index (Phi) is 8.09. The Balaban J connectivity index is 1.45. The van der Waals surface area contributed by atoms with E-state index < -0.39 is 23.5 Å². The summed E-state index contributed by atoms with van der Waals surface area (Å²) in [6.07, 6.45) is 3.03. The standard InChI is InChI=1S/C28H19BrClN3O3S2/c29-20-11-9-19(10-12-20)24-23(22(34)15-8-17-4-2-1-3-5-17)25(35)26(36)33(24)27-31-32-28(38-27)37-16-18-6-13-21(30)14-7-18/h1-15,24,35H,16H2/b15-8+. The monoisotopic (exact) mass is 623 g/mol. The van der Waals surface area contributed by atoms with E-state index in [2.05, 4.69) is 26.1 Å². The highest BCUT2D eigenvalue weighted by Crippen LogP contribution is 2.43. The first-order valence-electron chi connectivity index (χ1n) is 11.4. The summed E-state index contributed by atoms with van der Waals surface area (Å²) >= 11 is 12.1. The lowest BCUT2D eigenvalue weighted by atomic mass is 9.96. The lowest BCUT2D eigenvalue weighted by Gasteiger charge is -2.23. The minimum Gasteiger partial charge on any atom is -0.503 e. The third-order valence-electron chi connectivity index (χ3n) is 5.76. The number of aliphatic hydroxyl groups is 1. The summed E-state index contributed by atoms with van der Waals surface area (Å²) in [7, 11) is 0. The van der Waals surface area contributed by atoms with Crippen molar-refractivity contribution >= 4 is 73.5 Å². The highest BCUT2D eigenvalue weighted by molar-refractivity contribution is 9.10. The van der Waals surface area contributed by atoms with Crippen LogP contribution in [0, 0.1) is 0 Å². The van der Waals surface area contributed by atoms with Crippen LogP contribution in [0.1, 0.15) is 22.7 Å². The van der Waals surface area contributed by atoms with Gasteiger partial charge in [-0.15, -0.1) is 10.2 Å². The van der Waals surface area contributed by atoms with E-state index >= 15 is 0 Å². The molecule has 4 aromatic rings. The molecular weight excluding hydrogens is 606 g/mol. The van der Waals surface area contributed by atoms with Crippen molar-refractivity contribution in [2.75, 3.05) is 4.90 Å². The number of aliphatic hydroxyl groups excluding tert-OH is 1. The van der Waals surface area contributed by atoms with Crippen LogP contribution in [0.25, 0.3) is 6.08 Å².